The summed E-state index contributed by atoms with van der Waals surface area (Å²) in [6, 6.07) is 19.8. The third kappa shape index (κ3) is 3.93. The molecule has 0 aliphatic carbocycles. The molecule has 1 unspecified atom stereocenters. The first-order valence-electron chi connectivity index (χ1n) is 7.01. The van der Waals surface area contributed by atoms with Crippen LogP contribution in [0, 0.1) is 6.92 Å². The van der Waals surface area contributed by atoms with Crippen LogP contribution in [0.15, 0.2) is 54.6 Å². The van der Waals surface area contributed by atoms with E-state index < -0.39 is 0 Å². The Balaban J connectivity index is 1.90. The molecule has 0 saturated carbocycles. The van der Waals surface area contributed by atoms with Crippen molar-refractivity contribution in [3.05, 3.63) is 71.3 Å². The average Bonchev–Trinajstić information content (AvgIpc) is 2.46. The molecule has 2 atom stereocenters. The Morgan fingerprint density at radius 1 is 0.842 bits per heavy atom. The fraction of sp³-hybridized carbons (Fsp3) is 0.333. The summed E-state index contributed by atoms with van der Waals surface area (Å²) >= 11 is 0. The highest BCUT2D eigenvalue weighted by molar-refractivity contribution is 5.24. The van der Waals surface area contributed by atoms with Crippen LogP contribution in [0.1, 0.15) is 42.5 Å². The minimum Gasteiger partial charge on any atom is -0.310 e. The van der Waals surface area contributed by atoms with Crippen LogP contribution in [0.4, 0.5) is 0 Å². The molecule has 2 aromatic carbocycles. The van der Waals surface area contributed by atoms with Crippen LogP contribution in [-0.4, -0.2) is 6.54 Å². The molecule has 2 aromatic rings. The molecule has 1 heteroatoms. The largest absolute Gasteiger partial charge is 0.310 e. The van der Waals surface area contributed by atoms with Crippen LogP contribution in [0.5, 0.6) is 0 Å². The lowest BCUT2D eigenvalue weighted by molar-refractivity contribution is 0.537. The lowest BCUT2D eigenvalue weighted by Crippen LogP contribution is -2.23. The maximum atomic E-state index is 3.62. The lowest BCUT2D eigenvalue weighted by atomic mass is 10.00. The van der Waals surface area contributed by atoms with E-state index in [1.165, 1.54) is 16.7 Å². The Labute approximate surface area is 116 Å². The maximum Gasteiger partial charge on any atom is 0.0292 e. The van der Waals surface area contributed by atoms with Gasteiger partial charge in [0, 0.05) is 12.6 Å². The molecule has 1 N–H and O–H groups in total. The van der Waals surface area contributed by atoms with Gasteiger partial charge in [-0.05, 0) is 30.9 Å². The topological polar surface area (TPSA) is 12.0 Å². The van der Waals surface area contributed by atoms with E-state index >= 15 is 0 Å². The van der Waals surface area contributed by atoms with Crippen molar-refractivity contribution in [1.29, 1.82) is 0 Å². The van der Waals surface area contributed by atoms with Gasteiger partial charge < -0.3 is 5.32 Å². The highest BCUT2D eigenvalue weighted by Gasteiger charge is 2.08. The molecule has 0 fully saturated rings. The van der Waals surface area contributed by atoms with E-state index in [9.17, 15) is 0 Å². The summed E-state index contributed by atoms with van der Waals surface area (Å²) in [5.41, 5.74) is 4.06. The summed E-state index contributed by atoms with van der Waals surface area (Å²) < 4.78 is 0. The Morgan fingerprint density at radius 2 is 1.47 bits per heavy atom. The van der Waals surface area contributed by atoms with Gasteiger partial charge in [0.15, 0.2) is 0 Å². The van der Waals surface area contributed by atoms with Crippen molar-refractivity contribution >= 4 is 0 Å². The summed E-state index contributed by atoms with van der Waals surface area (Å²) in [5.74, 6) is 0.536. The van der Waals surface area contributed by atoms with E-state index in [4.69, 9.17) is 0 Å². The molecule has 0 heterocycles. The summed E-state index contributed by atoms with van der Waals surface area (Å²) in [5, 5.41) is 3.62. The van der Waals surface area contributed by atoms with Gasteiger partial charge in [0.25, 0.3) is 0 Å². The third-order valence-corrected chi connectivity index (χ3v) is 3.68. The molecule has 0 aliphatic rings. The molecular weight excluding hydrogens is 230 g/mol. The number of aryl methyl sites for hydroxylation is 1. The van der Waals surface area contributed by atoms with Crippen molar-refractivity contribution < 1.29 is 0 Å². The van der Waals surface area contributed by atoms with E-state index in [0.29, 0.717) is 12.0 Å². The normalized spacial score (nSPS) is 14.1. The molecule has 0 bridgehead atoms. The van der Waals surface area contributed by atoms with Gasteiger partial charge >= 0.3 is 0 Å². The van der Waals surface area contributed by atoms with E-state index in [1.54, 1.807) is 0 Å². The first-order valence-corrected chi connectivity index (χ1v) is 7.01. The van der Waals surface area contributed by atoms with Gasteiger partial charge in [-0.15, -0.1) is 0 Å². The Hall–Kier alpha value is -1.60. The highest BCUT2D eigenvalue weighted by atomic mass is 14.9. The van der Waals surface area contributed by atoms with Crippen LogP contribution in [-0.2, 0) is 0 Å². The molecule has 0 amide bonds. The zero-order valence-corrected chi connectivity index (χ0v) is 12.1. The number of hydrogen-bond acceptors (Lipinski definition) is 1. The number of nitrogens with one attached hydrogen (secondary N) is 1. The van der Waals surface area contributed by atoms with Crippen molar-refractivity contribution in [2.24, 2.45) is 0 Å². The van der Waals surface area contributed by atoms with Crippen molar-refractivity contribution in [2.45, 2.75) is 32.7 Å². The molecule has 19 heavy (non-hydrogen) atoms. The van der Waals surface area contributed by atoms with Gasteiger partial charge in [0.2, 0.25) is 0 Å². The molecule has 1 nitrogen and oxygen atoms in total. The van der Waals surface area contributed by atoms with Gasteiger partial charge in [-0.25, -0.2) is 0 Å². The predicted octanol–water partition coefficient (Wildman–Crippen LogP) is 4.45. The van der Waals surface area contributed by atoms with Crippen molar-refractivity contribution in [3.63, 3.8) is 0 Å². The molecule has 0 saturated heterocycles. The average molecular weight is 253 g/mol. The monoisotopic (exact) mass is 253 g/mol. The van der Waals surface area contributed by atoms with Crippen molar-refractivity contribution in [1.82, 2.24) is 5.32 Å². The molecule has 2 rings (SSSR count). The lowest BCUT2D eigenvalue weighted by Gasteiger charge is -2.18. The maximum absolute atomic E-state index is 3.62. The second-order valence-electron chi connectivity index (χ2n) is 5.35. The van der Waals surface area contributed by atoms with Crippen LogP contribution in [0.25, 0.3) is 0 Å². The van der Waals surface area contributed by atoms with E-state index in [0.717, 1.165) is 6.54 Å². The summed E-state index contributed by atoms with van der Waals surface area (Å²) in [4.78, 5) is 0. The predicted molar refractivity (Wildman–Crippen MR) is 82.5 cm³/mol. The first-order chi connectivity index (χ1) is 9.16. The van der Waals surface area contributed by atoms with Gasteiger partial charge in [-0.2, -0.15) is 0 Å². The fourth-order valence-electron chi connectivity index (χ4n) is 2.23. The molecule has 0 spiro atoms. The molecule has 0 aliphatic heterocycles. The zero-order valence-electron chi connectivity index (χ0n) is 12.1. The minimum absolute atomic E-state index is 0.395. The molecule has 0 aromatic heterocycles. The van der Waals surface area contributed by atoms with E-state index in [1.807, 2.05) is 0 Å². The molecule has 0 radical (unpaired) electrons. The smallest absolute Gasteiger partial charge is 0.0292 e. The van der Waals surface area contributed by atoms with Crippen LogP contribution in [0.3, 0.4) is 0 Å². The summed E-state index contributed by atoms with van der Waals surface area (Å²) in [6.07, 6.45) is 0. The summed E-state index contributed by atoms with van der Waals surface area (Å²) in [6.45, 7) is 7.62. The van der Waals surface area contributed by atoms with Crippen molar-refractivity contribution in [2.75, 3.05) is 6.54 Å². The standard InChI is InChI=1S/C18H23N/c1-14-9-11-18(12-10-14)16(3)19-13-15(2)17-7-5-4-6-8-17/h4-12,15-16,19H,13H2,1-3H3/t15?,16-/m1/s1. The van der Waals surface area contributed by atoms with Crippen LogP contribution >= 0.6 is 0 Å². The summed E-state index contributed by atoms with van der Waals surface area (Å²) in [7, 11) is 0. The first kappa shape index (κ1) is 13.8. The molecular formula is C18H23N. The van der Waals surface area contributed by atoms with Crippen molar-refractivity contribution in [3.8, 4) is 0 Å². The number of rotatable bonds is 5. The zero-order chi connectivity index (χ0) is 13.7. The van der Waals surface area contributed by atoms with Crippen LogP contribution in [0.2, 0.25) is 0 Å². The Kier molecular flexibility index (Phi) is 4.75. The quantitative estimate of drug-likeness (QED) is 0.830. The Bertz CT molecular complexity index is 487. The minimum atomic E-state index is 0.395. The molecule has 100 valence electrons. The van der Waals surface area contributed by atoms with Gasteiger partial charge in [0.1, 0.15) is 0 Å². The SMILES string of the molecule is Cc1ccc([C@@H](C)NCC(C)c2ccccc2)cc1. The van der Waals surface area contributed by atoms with E-state index in [2.05, 4.69) is 80.7 Å². The van der Waals surface area contributed by atoms with E-state index in [-0.39, 0.29) is 0 Å². The van der Waals surface area contributed by atoms with Gasteiger partial charge in [-0.3, -0.25) is 0 Å². The fourth-order valence-corrected chi connectivity index (χ4v) is 2.23. The van der Waals surface area contributed by atoms with Gasteiger partial charge in [-0.1, -0.05) is 67.1 Å². The van der Waals surface area contributed by atoms with Crippen LogP contribution < -0.4 is 5.32 Å². The third-order valence-electron chi connectivity index (χ3n) is 3.68. The Morgan fingerprint density at radius 3 is 2.11 bits per heavy atom. The second-order valence-corrected chi connectivity index (χ2v) is 5.35. The highest BCUT2D eigenvalue weighted by Crippen LogP contribution is 2.17. The number of hydrogen-bond donors (Lipinski definition) is 1. The number of benzene rings is 2. The van der Waals surface area contributed by atoms with Gasteiger partial charge in [0.05, 0.1) is 0 Å². The second kappa shape index (κ2) is 6.53.